The second kappa shape index (κ2) is 9.49. The normalized spacial score (nSPS) is 24.0. The van der Waals surface area contributed by atoms with E-state index in [-0.39, 0.29) is 0 Å². The zero-order chi connectivity index (χ0) is 15.1. The maximum absolute atomic E-state index is 3.82. The predicted molar refractivity (Wildman–Crippen MR) is 103 cm³/mol. The average molecular weight is 388 g/mol. The van der Waals surface area contributed by atoms with Gasteiger partial charge in [-0.05, 0) is 43.5 Å². The van der Waals surface area contributed by atoms with Crippen LogP contribution in [-0.4, -0.2) is 34.6 Å². The molecule has 1 aromatic rings. The molecule has 0 saturated carbocycles. The average Bonchev–Trinajstić information content (AvgIpc) is 2.53. The molecule has 3 unspecified atom stereocenters. The fourth-order valence-corrected chi connectivity index (χ4v) is 6.35. The van der Waals surface area contributed by atoms with Gasteiger partial charge in [0.25, 0.3) is 0 Å². The van der Waals surface area contributed by atoms with Gasteiger partial charge in [-0.2, -0.15) is 23.5 Å². The van der Waals surface area contributed by atoms with Crippen LogP contribution >= 0.6 is 39.5 Å². The van der Waals surface area contributed by atoms with Gasteiger partial charge >= 0.3 is 0 Å². The summed E-state index contributed by atoms with van der Waals surface area (Å²) in [4.78, 5) is 0. The molecule has 118 valence electrons. The number of nitrogens with one attached hydrogen (secondary N) is 1. The summed E-state index contributed by atoms with van der Waals surface area (Å²) >= 11 is 7.89. The summed E-state index contributed by atoms with van der Waals surface area (Å²) in [6, 6.07) is 9.42. The zero-order valence-electron chi connectivity index (χ0n) is 13.0. The number of hydrogen-bond acceptors (Lipinski definition) is 3. The Morgan fingerprint density at radius 3 is 2.57 bits per heavy atom. The Morgan fingerprint density at radius 1 is 1.19 bits per heavy atom. The molecule has 1 aliphatic heterocycles. The quantitative estimate of drug-likeness (QED) is 0.707. The molecule has 1 N–H and O–H groups in total. The van der Waals surface area contributed by atoms with Gasteiger partial charge in [0.2, 0.25) is 0 Å². The van der Waals surface area contributed by atoms with Crippen molar-refractivity contribution in [2.75, 3.05) is 18.1 Å². The summed E-state index contributed by atoms with van der Waals surface area (Å²) in [5.41, 5.74) is 1.44. The maximum Gasteiger partial charge on any atom is 0.0323 e. The standard InChI is InChI=1S/C17H26BrNS2/c1-3-9-19-15(12-13-5-7-14(18)8-6-13)17-16(4-2)20-10-11-21-17/h5-8,15-17,19H,3-4,9-12H2,1-2H3. The van der Waals surface area contributed by atoms with Crippen molar-refractivity contribution in [3.05, 3.63) is 34.3 Å². The van der Waals surface area contributed by atoms with Crippen LogP contribution in [-0.2, 0) is 6.42 Å². The van der Waals surface area contributed by atoms with E-state index in [0.29, 0.717) is 6.04 Å². The minimum Gasteiger partial charge on any atom is -0.313 e. The summed E-state index contributed by atoms with van der Waals surface area (Å²) in [6.45, 7) is 5.72. The molecule has 0 aromatic heterocycles. The van der Waals surface area contributed by atoms with E-state index in [1.807, 2.05) is 0 Å². The highest BCUT2D eigenvalue weighted by molar-refractivity contribution is 9.10. The van der Waals surface area contributed by atoms with Crippen LogP contribution in [0.25, 0.3) is 0 Å². The van der Waals surface area contributed by atoms with Crippen LogP contribution in [0.5, 0.6) is 0 Å². The molecule has 21 heavy (non-hydrogen) atoms. The van der Waals surface area contributed by atoms with Crippen LogP contribution in [0.15, 0.2) is 28.7 Å². The Labute approximate surface area is 146 Å². The molecule has 1 fully saturated rings. The Morgan fingerprint density at radius 2 is 1.90 bits per heavy atom. The second-order valence-corrected chi connectivity index (χ2v) is 9.09. The molecule has 1 saturated heterocycles. The summed E-state index contributed by atoms with van der Waals surface area (Å²) in [5.74, 6) is 2.62. The molecular weight excluding hydrogens is 362 g/mol. The van der Waals surface area contributed by atoms with Crippen molar-refractivity contribution in [3.63, 3.8) is 0 Å². The second-order valence-electron chi connectivity index (χ2n) is 5.54. The van der Waals surface area contributed by atoms with Crippen LogP contribution in [0.2, 0.25) is 0 Å². The SMILES string of the molecule is CCCNC(Cc1ccc(Br)cc1)C1SCCSC1CC. The van der Waals surface area contributed by atoms with Crippen molar-refractivity contribution in [2.45, 2.75) is 49.7 Å². The molecule has 0 radical (unpaired) electrons. The fourth-order valence-electron chi connectivity index (χ4n) is 2.82. The van der Waals surface area contributed by atoms with E-state index in [9.17, 15) is 0 Å². The first-order valence-corrected chi connectivity index (χ1v) is 10.8. The van der Waals surface area contributed by atoms with Gasteiger partial charge in [0.1, 0.15) is 0 Å². The van der Waals surface area contributed by atoms with E-state index >= 15 is 0 Å². The molecule has 1 heterocycles. The molecule has 2 rings (SSSR count). The molecule has 4 heteroatoms. The Kier molecular flexibility index (Phi) is 8.00. The van der Waals surface area contributed by atoms with Crippen LogP contribution in [0, 0.1) is 0 Å². The highest BCUT2D eigenvalue weighted by Gasteiger charge is 2.31. The van der Waals surface area contributed by atoms with Crippen LogP contribution in [0.1, 0.15) is 32.3 Å². The first-order valence-electron chi connectivity index (χ1n) is 7.95. The van der Waals surface area contributed by atoms with E-state index < -0.39 is 0 Å². The number of benzene rings is 1. The number of thioether (sulfide) groups is 2. The molecule has 3 atom stereocenters. The number of rotatable bonds is 7. The molecule has 0 spiro atoms. The molecule has 1 aromatic carbocycles. The third-order valence-electron chi connectivity index (χ3n) is 3.92. The first kappa shape index (κ1) is 17.7. The van der Waals surface area contributed by atoms with Crippen LogP contribution < -0.4 is 5.32 Å². The fraction of sp³-hybridized carbons (Fsp3) is 0.647. The van der Waals surface area contributed by atoms with Crippen molar-refractivity contribution in [1.29, 1.82) is 0 Å². The lowest BCUT2D eigenvalue weighted by molar-refractivity contribution is 0.477. The summed E-state index contributed by atoms with van der Waals surface area (Å²) in [7, 11) is 0. The number of halogens is 1. The van der Waals surface area contributed by atoms with E-state index in [4.69, 9.17) is 0 Å². The predicted octanol–water partition coefficient (Wildman–Crippen LogP) is 4.99. The van der Waals surface area contributed by atoms with Crippen molar-refractivity contribution in [2.24, 2.45) is 0 Å². The zero-order valence-corrected chi connectivity index (χ0v) is 16.2. The van der Waals surface area contributed by atoms with E-state index in [2.05, 4.69) is 82.9 Å². The monoisotopic (exact) mass is 387 g/mol. The Hall–Kier alpha value is 0.360. The van der Waals surface area contributed by atoms with Gasteiger partial charge in [-0.3, -0.25) is 0 Å². The summed E-state index contributed by atoms with van der Waals surface area (Å²) in [5, 5.41) is 5.36. The van der Waals surface area contributed by atoms with E-state index in [1.54, 1.807) is 0 Å². The van der Waals surface area contributed by atoms with Crippen LogP contribution in [0.4, 0.5) is 0 Å². The molecule has 1 nitrogen and oxygen atoms in total. The molecule has 1 aliphatic rings. The van der Waals surface area contributed by atoms with Gasteiger partial charge in [0, 0.05) is 32.5 Å². The lowest BCUT2D eigenvalue weighted by Gasteiger charge is -2.36. The Bertz CT molecular complexity index is 410. The largest absolute Gasteiger partial charge is 0.313 e. The van der Waals surface area contributed by atoms with Gasteiger partial charge < -0.3 is 5.32 Å². The van der Waals surface area contributed by atoms with E-state index in [0.717, 1.165) is 23.5 Å². The summed E-state index contributed by atoms with van der Waals surface area (Å²) < 4.78 is 1.17. The Balaban J connectivity index is 2.06. The van der Waals surface area contributed by atoms with Crippen molar-refractivity contribution < 1.29 is 0 Å². The van der Waals surface area contributed by atoms with Gasteiger partial charge in [0.15, 0.2) is 0 Å². The summed E-state index contributed by atoms with van der Waals surface area (Å²) in [6.07, 6.45) is 3.63. The van der Waals surface area contributed by atoms with Gasteiger partial charge in [-0.25, -0.2) is 0 Å². The third-order valence-corrected chi connectivity index (χ3v) is 7.85. The lowest BCUT2D eigenvalue weighted by atomic mass is 10.00. The lowest BCUT2D eigenvalue weighted by Crippen LogP contribution is -2.46. The van der Waals surface area contributed by atoms with Crippen LogP contribution in [0.3, 0.4) is 0 Å². The smallest absolute Gasteiger partial charge is 0.0323 e. The number of hydrogen-bond donors (Lipinski definition) is 1. The highest BCUT2D eigenvalue weighted by Crippen LogP contribution is 2.36. The first-order chi connectivity index (χ1) is 10.2. The molecule has 0 bridgehead atoms. The van der Waals surface area contributed by atoms with E-state index in [1.165, 1.54) is 34.4 Å². The highest BCUT2D eigenvalue weighted by atomic mass is 79.9. The van der Waals surface area contributed by atoms with Gasteiger partial charge in [-0.1, -0.05) is 41.9 Å². The third kappa shape index (κ3) is 5.49. The van der Waals surface area contributed by atoms with Crippen molar-refractivity contribution in [3.8, 4) is 0 Å². The molecular formula is C17H26BrNS2. The van der Waals surface area contributed by atoms with Crippen molar-refractivity contribution in [1.82, 2.24) is 5.32 Å². The van der Waals surface area contributed by atoms with Gasteiger partial charge in [-0.15, -0.1) is 0 Å². The molecule has 0 amide bonds. The minimum absolute atomic E-state index is 0.592. The molecule has 0 aliphatic carbocycles. The maximum atomic E-state index is 3.82. The minimum atomic E-state index is 0.592. The topological polar surface area (TPSA) is 12.0 Å². The van der Waals surface area contributed by atoms with Gasteiger partial charge in [0.05, 0.1) is 0 Å². The van der Waals surface area contributed by atoms with Crippen molar-refractivity contribution >= 4 is 39.5 Å².